The van der Waals surface area contributed by atoms with Gasteiger partial charge >= 0.3 is 6.61 Å². The van der Waals surface area contributed by atoms with Crippen LogP contribution in [0.3, 0.4) is 0 Å². The number of rotatable bonds is 9. The van der Waals surface area contributed by atoms with Gasteiger partial charge in [0, 0.05) is 30.5 Å². The van der Waals surface area contributed by atoms with Crippen LogP contribution >= 0.6 is 11.6 Å². The summed E-state index contributed by atoms with van der Waals surface area (Å²) in [5, 5.41) is 0.228. The molecule has 1 saturated heterocycles. The number of nitrogens with two attached hydrogens (primary N) is 1. The molecule has 1 aliphatic rings. The average molecular weight is 540 g/mol. The van der Waals surface area contributed by atoms with Gasteiger partial charge in [-0.15, -0.1) is 0 Å². The lowest BCUT2D eigenvalue weighted by molar-refractivity contribution is -0.138. The molecule has 2 heterocycles. The Balaban J connectivity index is 1.54. The average Bonchev–Trinajstić information content (AvgIpc) is 3.40. The molecule has 0 unspecified atom stereocenters. The third-order valence-electron chi connectivity index (χ3n) is 6.26. The number of carbonyl (C=O) groups excluding carboxylic acids is 3. The van der Waals surface area contributed by atoms with E-state index in [-0.39, 0.29) is 53.2 Å². The third kappa shape index (κ3) is 5.71. The van der Waals surface area contributed by atoms with E-state index in [0.29, 0.717) is 5.39 Å². The van der Waals surface area contributed by atoms with Gasteiger partial charge in [-0.2, -0.15) is 8.78 Å². The summed E-state index contributed by atoms with van der Waals surface area (Å²) in [6.07, 6.45) is -0.454. The lowest BCUT2D eigenvalue weighted by Crippen LogP contribution is -2.42. The van der Waals surface area contributed by atoms with E-state index < -0.39 is 48.8 Å². The molecule has 0 spiro atoms. The van der Waals surface area contributed by atoms with Gasteiger partial charge in [-0.05, 0) is 30.2 Å². The lowest BCUT2D eigenvalue weighted by atomic mass is 10.0. The Morgan fingerprint density at radius 2 is 1.95 bits per heavy atom. The van der Waals surface area contributed by atoms with Crippen LogP contribution < -0.4 is 10.5 Å². The van der Waals surface area contributed by atoms with Crippen LogP contribution in [0.4, 0.5) is 17.6 Å². The van der Waals surface area contributed by atoms with Crippen molar-refractivity contribution < 1.29 is 36.7 Å². The Morgan fingerprint density at radius 3 is 2.65 bits per heavy atom. The Bertz CT molecular complexity index is 1360. The number of aryl methyl sites for hydroxylation is 1. The Morgan fingerprint density at radius 1 is 1.19 bits per heavy atom. The molecule has 7 nitrogen and oxygen atoms in total. The highest BCUT2D eigenvalue weighted by Gasteiger charge is 2.39. The van der Waals surface area contributed by atoms with Crippen molar-refractivity contribution in [2.24, 2.45) is 5.73 Å². The molecule has 0 aliphatic carbocycles. The maximum Gasteiger partial charge on any atom is 0.387 e. The molecule has 12 heteroatoms. The maximum atomic E-state index is 14.3. The van der Waals surface area contributed by atoms with Crippen molar-refractivity contribution in [2.45, 2.75) is 44.6 Å². The molecule has 3 aromatic rings. The van der Waals surface area contributed by atoms with Gasteiger partial charge in [-0.1, -0.05) is 23.7 Å². The van der Waals surface area contributed by atoms with Crippen LogP contribution in [0.15, 0.2) is 42.6 Å². The van der Waals surface area contributed by atoms with Crippen molar-refractivity contribution >= 4 is 40.1 Å². The zero-order valence-electron chi connectivity index (χ0n) is 19.3. The molecule has 2 N–H and O–H groups in total. The highest BCUT2D eigenvalue weighted by atomic mass is 35.5. The van der Waals surface area contributed by atoms with Crippen molar-refractivity contribution in [1.29, 1.82) is 0 Å². The minimum absolute atomic E-state index is 0.0256. The quantitative estimate of drug-likeness (QED) is 0.411. The van der Waals surface area contributed by atoms with Crippen molar-refractivity contribution in [3.8, 4) is 5.75 Å². The molecule has 4 rings (SSSR count). The van der Waals surface area contributed by atoms with Crippen molar-refractivity contribution in [1.82, 2.24) is 9.47 Å². The molecule has 1 aliphatic heterocycles. The molecule has 196 valence electrons. The van der Waals surface area contributed by atoms with Crippen molar-refractivity contribution in [2.75, 3.05) is 6.54 Å². The summed E-state index contributed by atoms with van der Waals surface area (Å²) in [5.41, 5.74) is 5.91. The zero-order chi connectivity index (χ0) is 26.9. The van der Waals surface area contributed by atoms with Crippen LogP contribution in [-0.4, -0.2) is 52.4 Å². The van der Waals surface area contributed by atoms with E-state index in [0.717, 1.165) is 4.90 Å². The molecule has 1 fully saturated rings. The van der Waals surface area contributed by atoms with Crippen LogP contribution in [0.25, 0.3) is 10.9 Å². The number of alkyl halides is 3. The summed E-state index contributed by atoms with van der Waals surface area (Å²) < 4.78 is 59.6. The molecule has 37 heavy (non-hydrogen) atoms. The number of hydrogen-bond acceptors (Lipinski definition) is 4. The van der Waals surface area contributed by atoms with Crippen molar-refractivity contribution in [3.05, 3.63) is 64.6 Å². The summed E-state index contributed by atoms with van der Waals surface area (Å²) in [6, 6.07) is 7.19. The summed E-state index contributed by atoms with van der Waals surface area (Å²) >= 11 is 5.78. The summed E-state index contributed by atoms with van der Waals surface area (Å²) in [4.78, 5) is 39.1. The van der Waals surface area contributed by atoms with E-state index in [9.17, 15) is 31.9 Å². The first-order valence-electron chi connectivity index (χ1n) is 11.3. The highest BCUT2D eigenvalue weighted by molar-refractivity contribution is 6.30. The van der Waals surface area contributed by atoms with Crippen LogP contribution in [0.1, 0.15) is 28.8 Å². The van der Waals surface area contributed by atoms with Gasteiger partial charge in [-0.3, -0.25) is 14.4 Å². The van der Waals surface area contributed by atoms with Gasteiger partial charge in [0.05, 0.1) is 28.7 Å². The second-order valence-corrected chi connectivity index (χ2v) is 9.07. The number of ketones is 1. The number of carbonyl (C=O) groups is 3. The van der Waals surface area contributed by atoms with E-state index in [2.05, 4.69) is 4.74 Å². The van der Waals surface area contributed by atoms with Gasteiger partial charge in [0.2, 0.25) is 5.91 Å². The first-order chi connectivity index (χ1) is 17.5. The Kier molecular flexibility index (Phi) is 7.72. The number of hydrogen-bond donors (Lipinski definition) is 1. The number of ether oxygens (including phenoxy) is 1. The van der Waals surface area contributed by atoms with Gasteiger partial charge in [-0.25, -0.2) is 8.78 Å². The minimum Gasteiger partial charge on any atom is -0.435 e. The smallest absolute Gasteiger partial charge is 0.387 e. The number of halogens is 5. The second-order valence-electron chi connectivity index (χ2n) is 8.67. The third-order valence-corrected chi connectivity index (χ3v) is 6.56. The van der Waals surface area contributed by atoms with E-state index in [1.165, 1.54) is 41.1 Å². The van der Waals surface area contributed by atoms with E-state index >= 15 is 0 Å². The van der Waals surface area contributed by atoms with E-state index in [1.807, 2.05) is 0 Å². The molecular weight excluding hydrogens is 518 g/mol. The maximum absolute atomic E-state index is 14.3. The lowest BCUT2D eigenvalue weighted by Gasteiger charge is -2.24. The van der Waals surface area contributed by atoms with Gasteiger partial charge in [0.15, 0.2) is 5.78 Å². The molecule has 0 radical (unpaired) electrons. The van der Waals surface area contributed by atoms with Crippen LogP contribution in [0.2, 0.25) is 5.02 Å². The first kappa shape index (κ1) is 26.5. The topological polar surface area (TPSA) is 94.6 Å². The molecule has 1 aromatic heterocycles. The largest absolute Gasteiger partial charge is 0.435 e. The fourth-order valence-corrected chi connectivity index (χ4v) is 4.74. The number of fused-ring (bicyclic) bond motifs is 1. The van der Waals surface area contributed by atoms with E-state index in [1.54, 1.807) is 6.07 Å². The van der Waals surface area contributed by atoms with Gasteiger partial charge in [0.1, 0.15) is 24.3 Å². The molecule has 0 saturated carbocycles. The van der Waals surface area contributed by atoms with Crippen molar-refractivity contribution in [3.63, 3.8) is 0 Å². The number of nitrogens with zero attached hydrogens (tertiary/aromatic N) is 2. The Hall–Kier alpha value is -3.60. The monoisotopic (exact) mass is 539 g/mol. The normalized spacial score (nSPS) is 17.5. The predicted octanol–water partition coefficient (Wildman–Crippen LogP) is 4.28. The summed E-state index contributed by atoms with van der Waals surface area (Å²) in [7, 11) is 0. The number of Topliss-reactive ketones (excluding diaryl/α,β-unsaturated/α-hetero) is 1. The summed E-state index contributed by atoms with van der Waals surface area (Å²) in [6.45, 7) is -3.82. The fraction of sp³-hybridized carbons (Fsp3) is 0.320. The zero-order valence-corrected chi connectivity index (χ0v) is 20.1. The molecule has 2 aromatic carbocycles. The predicted molar refractivity (Wildman–Crippen MR) is 127 cm³/mol. The minimum atomic E-state index is -3.09. The molecule has 2 amide bonds. The van der Waals surface area contributed by atoms with E-state index in [4.69, 9.17) is 17.3 Å². The SMILES string of the molecule is NC(=O)c1cn(CC(=O)N2C[C@H](F)C[C@H]2C(=O)CCc2cccc(Cl)c2F)c2cc(OC(F)F)ccc12. The number of primary amides is 1. The van der Waals surface area contributed by atoms with Crippen LogP contribution in [-0.2, 0) is 22.6 Å². The van der Waals surface area contributed by atoms with Crippen LogP contribution in [0, 0.1) is 5.82 Å². The molecular formula is C25H22ClF4N3O4. The first-order valence-corrected chi connectivity index (χ1v) is 11.7. The highest BCUT2D eigenvalue weighted by Crippen LogP contribution is 2.29. The standard InChI is InChI=1S/C25H22ClF4N3O4/c26-18-3-1-2-13(23(18)28)4-7-21(34)20-8-14(27)10-33(20)22(35)12-32-11-17(24(31)36)16-6-5-15(9-19(16)32)37-25(29)30/h1-3,5-6,9,11,14,20,25H,4,7-8,10,12H2,(H2,31,36)/t14-,20+/m1/s1. The van der Waals surface area contributed by atoms with Crippen LogP contribution in [0.5, 0.6) is 5.75 Å². The molecule has 0 bridgehead atoms. The second kappa shape index (κ2) is 10.8. The number of amides is 2. The Labute approximate surface area is 213 Å². The number of benzene rings is 2. The molecule has 2 atom stereocenters. The van der Waals surface area contributed by atoms with Gasteiger partial charge in [0.25, 0.3) is 5.91 Å². The fourth-order valence-electron chi connectivity index (χ4n) is 4.54. The van der Waals surface area contributed by atoms with Gasteiger partial charge < -0.3 is 19.9 Å². The number of likely N-dealkylation sites (tertiary alicyclic amines) is 1. The number of aromatic nitrogens is 1. The summed E-state index contributed by atoms with van der Waals surface area (Å²) in [5.74, 6) is -2.70.